The first-order valence-corrected chi connectivity index (χ1v) is 6.29. The summed E-state index contributed by atoms with van der Waals surface area (Å²) in [4.78, 5) is 15.7. The zero-order chi connectivity index (χ0) is 15.0. The zero-order valence-corrected chi connectivity index (χ0v) is 11.2. The Kier molecular flexibility index (Phi) is 6.86. The molecule has 7 heteroatoms. The number of hydrogen-bond acceptors (Lipinski definition) is 4. The Bertz CT molecular complexity index is 430. The number of halogens is 2. The van der Waals surface area contributed by atoms with Crippen LogP contribution in [0.4, 0.5) is 8.78 Å². The largest absolute Gasteiger partial charge is 0.488 e. The molecular weight excluding hydrogens is 270 g/mol. The van der Waals surface area contributed by atoms with Crippen LogP contribution in [0, 0.1) is 5.92 Å². The number of nitrogens with zero attached hydrogens (tertiary/aromatic N) is 1. The highest BCUT2D eigenvalue weighted by atomic mass is 19.3. The van der Waals surface area contributed by atoms with Crippen LogP contribution in [0.15, 0.2) is 18.3 Å². The third-order valence-corrected chi connectivity index (χ3v) is 2.57. The second kappa shape index (κ2) is 8.42. The Hall–Kier alpha value is -1.76. The maximum atomic E-state index is 12.0. The van der Waals surface area contributed by atoms with Gasteiger partial charge in [-0.15, -0.1) is 0 Å². The van der Waals surface area contributed by atoms with Gasteiger partial charge in [-0.05, 0) is 18.4 Å². The lowest BCUT2D eigenvalue weighted by Crippen LogP contribution is -2.29. The molecule has 1 unspecified atom stereocenters. The summed E-state index contributed by atoms with van der Waals surface area (Å²) in [5.74, 6) is -0.0895. The lowest BCUT2D eigenvalue weighted by molar-refractivity contribution is 0.0817. The number of carbonyl (C=O) groups excluding carboxylic acids is 1. The molecule has 1 aromatic rings. The first-order valence-electron chi connectivity index (χ1n) is 6.29. The molecule has 0 aliphatic rings. The Labute approximate surface area is 116 Å². The van der Waals surface area contributed by atoms with Crippen LogP contribution >= 0.6 is 0 Å². The minimum absolute atomic E-state index is 0.0617. The number of rotatable bonds is 8. The van der Waals surface area contributed by atoms with Gasteiger partial charge in [-0.2, -0.15) is 0 Å². The van der Waals surface area contributed by atoms with Crippen molar-refractivity contribution in [2.75, 3.05) is 19.8 Å². The van der Waals surface area contributed by atoms with Gasteiger partial charge in [0.15, 0.2) is 0 Å². The summed E-state index contributed by atoms with van der Waals surface area (Å²) in [6.07, 6.45) is -0.655. The van der Waals surface area contributed by atoms with E-state index in [1.165, 1.54) is 18.3 Å². The van der Waals surface area contributed by atoms with Crippen molar-refractivity contribution in [3.05, 3.63) is 24.0 Å². The highest BCUT2D eigenvalue weighted by molar-refractivity contribution is 5.92. The molecule has 2 N–H and O–H groups in total. The maximum Gasteiger partial charge on any atom is 0.272 e. The molecule has 112 valence electrons. The Morgan fingerprint density at radius 1 is 1.55 bits per heavy atom. The zero-order valence-electron chi connectivity index (χ0n) is 11.2. The third kappa shape index (κ3) is 5.92. The second-order valence-corrected chi connectivity index (χ2v) is 4.41. The van der Waals surface area contributed by atoms with Crippen molar-refractivity contribution in [1.29, 1.82) is 0 Å². The SMILES string of the molecule is CC(CCO)CNC(=O)c1cc(OCC(F)F)ccn1. The van der Waals surface area contributed by atoms with E-state index >= 15 is 0 Å². The first-order chi connectivity index (χ1) is 9.52. The quantitative estimate of drug-likeness (QED) is 0.760. The molecule has 1 amide bonds. The molecule has 0 aromatic carbocycles. The van der Waals surface area contributed by atoms with E-state index in [2.05, 4.69) is 10.3 Å². The molecule has 0 aliphatic heterocycles. The standard InChI is InChI=1S/C13H18F2N2O3/c1-9(3-5-18)7-17-13(19)11-6-10(2-4-16-11)20-8-12(14)15/h2,4,6,9,12,18H,3,5,7-8H2,1H3,(H,17,19). The average Bonchev–Trinajstić information content (AvgIpc) is 2.43. The van der Waals surface area contributed by atoms with E-state index in [9.17, 15) is 13.6 Å². The number of aliphatic hydroxyl groups is 1. The highest BCUT2D eigenvalue weighted by Gasteiger charge is 2.11. The average molecular weight is 288 g/mol. The summed E-state index contributed by atoms with van der Waals surface area (Å²) >= 11 is 0. The molecular formula is C13H18F2N2O3. The molecule has 0 saturated heterocycles. The Balaban J connectivity index is 2.53. The van der Waals surface area contributed by atoms with Gasteiger partial charge in [-0.3, -0.25) is 9.78 Å². The van der Waals surface area contributed by atoms with Gasteiger partial charge in [-0.1, -0.05) is 6.92 Å². The van der Waals surface area contributed by atoms with E-state index in [-0.39, 0.29) is 24.0 Å². The van der Waals surface area contributed by atoms with Crippen LogP contribution in [0.25, 0.3) is 0 Å². The maximum absolute atomic E-state index is 12.0. The molecule has 0 saturated carbocycles. The van der Waals surface area contributed by atoms with E-state index in [0.717, 1.165) is 0 Å². The Morgan fingerprint density at radius 2 is 2.30 bits per heavy atom. The van der Waals surface area contributed by atoms with E-state index in [1.54, 1.807) is 0 Å². The minimum Gasteiger partial charge on any atom is -0.488 e. The van der Waals surface area contributed by atoms with Crippen LogP contribution in [0.1, 0.15) is 23.8 Å². The van der Waals surface area contributed by atoms with Crippen LogP contribution in [0.5, 0.6) is 5.75 Å². The van der Waals surface area contributed by atoms with Crippen LogP contribution in [0.3, 0.4) is 0 Å². The van der Waals surface area contributed by atoms with E-state index in [1.807, 2.05) is 6.92 Å². The number of carbonyl (C=O) groups is 1. The predicted molar refractivity (Wildman–Crippen MR) is 68.9 cm³/mol. The van der Waals surface area contributed by atoms with Gasteiger partial charge in [0.05, 0.1) is 0 Å². The highest BCUT2D eigenvalue weighted by Crippen LogP contribution is 2.12. The number of alkyl halides is 2. The molecule has 0 aliphatic carbocycles. The minimum atomic E-state index is -2.57. The number of aromatic nitrogens is 1. The van der Waals surface area contributed by atoms with E-state index < -0.39 is 18.9 Å². The van der Waals surface area contributed by atoms with Gasteiger partial charge in [0.25, 0.3) is 12.3 Å². The molecule has 20 heavy (non-hydrogen) atoms. The van der Waals surface area contributed by atoms with Gasteiger partial charge in [0, 0.05) is 25.4 Å². The van der Waals surface area contributed by atoms with E-state index in [4.69, 9.17) is 9.84 Å². The summed E-state index contributed by atoms with van der Waals surface area (Å²) in [6, 6.07) is 2.72. The van der Waals surface area contributed by atoms with Gasteiger partial charge in [0.1, 0.15) is 18.1 Å². The van der Waals surface area contributed by atoms with Gasteiger partial charge < -0.3 is 15.2 Å². The van der Waals surface area contributed by atoms with Crippen molar-refractivity contribution in [3.8, 4) is 5.75 Å². The number of hydrogen-bond donors (Lipinski definition) is 2. The molecule has 5 nitrogen and oxygen atoms in total. The van der Waals surface area contributed by atoms with Crippen molar-refractivity contribution in [3.63, 3.8) is 0 Å². The monoisotopic (exact) mass is 288 g/mol. The normalized spacial score (nSPS) is 12.2. The molecule has 1 rings (SSSR count). The molecule has 0 fully saturated rings. The molecule has 1 atom stereocenters. The van der Waals surface area contributed by atoms with Crippen molar-refractivity contribution in [1.82, 2.24) is 10.3 Å². The van der Waals surface area contributed by atoms with Gasteiger partial charge >= 0.3 is 0 Å². The number of aliphatic hydroxyl groups excluding tert-OH is 1. The lowest BCUT2D eigenvalue weighted by atomic mass is 10.1. The summed E-state index contributed by atoms with van der Waals surface area (Å²) in [7, 11) is 0. The van der Waals surface area contributed by atoms with Crippen molar-refractivity contribution < 1.29 is 23.4 Å². The summed E-state index contributed by atoms with van der Waals surface area (Å²) in [6.45, 7) is 1.64. The summed E-state index contributed by atoms with van der Waals surface area (Å²) in [5.41, 5.74) is 0.105. The fourth-order valence-electron chi connectivity index (χ4n) is 1.46. The second-order valence-electron chi connectivity index (χ2n) is 4.41. The number of pyridine rings is 1. The van der Waals surface area contributed by atoms with Crippen LogP contribution < -0.4 is 10.1 Å². The fraction of sp³-hybridized carbons (Fsp3) is 0.538. The topological polar surface area (TPSA) is 71.5 Å². The van der Waals surface area contributed by atoms with Crippen molar-refractivity contribution >= 4 is 5.91 Å². The third-order valence-electron chi connectivity index (χ3n) is 2.57. The fourth-order valence-corrected chi connectivity index (χ4v) is 1.46. The number of ether oxygens (including phenoxy) is 1. The van der Waals surface area contributed by atoms with Gasteiger partial charge in [-0.25, -0.2) is 8.78 Å². The summed E-state index contributed by atoms with van der Waals surface area (Å²) < 4.78 is 28.9. The smallest absolute Gasteiger partial charge is 0.272 e. The van der Waals surface area contributed by atoms with Crippen molar-refractivity contribution in [2.45, 2.75) is 19.8 Å². The van der Waals surface area contributed by atoms with Crippen LogP contribution in [-0.2, 0) is 0 Å². The number of amides is 1. The van der Waals surface area contributed by atoms with Crippen molar-refractivity contribution in [2.24, 2.45) is 5.92 Å². The predicted octanol–water partition coefficient (Wildman–Crippen LogP) is 1.47. The van der Waals surface area contributed by atoms with Crippen LogP contribution in [-0.4, -0.2) is 42.2 Å². The summed E-state index contributed by atoms with van der Waals surface area (Å²) in [5, 5.41) is 11.4. The van der Waals surface area contributed by atoms with E-state index in [0.29, 0.717) is 13.0 Å². The molecule has 1 heterocycles. The molecule has 0 bridgehead atoms. The molecule has 0 radical (unpaired) electrons. The number of nitrogens with one attached hydrogen (secondary N) is 1. The lowest BCUT2D eigenvalue weighted by Gasteiger charge is -2.11. The first kappa shape index (κ1) is 16.3. The Morgan fingerprint density at radius 3 is 2.95 bits per heavy atom. The van der Waals surface area contributed by atoms with Gasteiger partial charge in [0.2, 0.25) is 0 Å². The van der Waals surface area contributed by atoms with Crippen LogP contribution in [0.2, 0.25) is 0 Å². The molecule has 1 aromatic heterocycles. The molecule has 0 spiro atoms.